The van der Waals surface area contributed by atoms with Gasteiger partial charge in [0.05, 0.1) is 11.5 Å². The summed E-state index contributed by atoms with van der Waals surface area (Å²) in [6.45, 7) is 9.07. The van der Waals surface area contributed by atoms with Crippen LogP contribution in [0.3, 0.4) is 0 Å². The zero-order valence-corrected chi connectivity index (χ0v) is 19.6. The lowest BCUT2D eigenvalue weighted by Gasteiger charge is -2.36. The number of anilines is 1. The Morgan fingerprint density at radius 1 is 1.16 bits per heavy atom. The molecule has 1 unspecified atom stereocenters. The van der Waals surface area contributed by atoms with Gasteiger partial charge in [-0.05, 0) is 50.1 Å². The lowest BCUT2D eigenvalue weighted by molar-refractivity contribution is -0.146. The molecule has 0 radical (unpaired) electrons. The molecule has 0 spiro atoms. The summed E-state index contributed by atoms with van der Waals surface area (Å²) in [5.41, 5.74) is 2.36. The molecule has 2 aromatic rings. The number of thioether (sulfide) groups is 1. The third-order valence-corrected chi connectivity index (χ3v) is 7.34. The standard InChI is InChI=1S/C25H32N2O4S/c1-18-9-10-21-22(17-18)32-24(23(28)19(2)31-21)25(29)30-16-6-11-26-12-14-27(15-13-26)20-7-4-3-5-8-20/h3-5,7-10,17,19,23-24,28H,6,11-16H2,1-2H3/t19?,23-,24+/m0/s1. The van der Waals surface area contributed by atoms with Gasteiger partial charge in [-0.1, -0.05) is 24.3 Å². The first-order valence-corrected chi connectivity index (χ1v) is 12.2. The maximum Gasteiger partial charge on any atom is 0.322 e. The van der Waals surface area contributed by atoms with Crippen LogP contribution >= 0.6 is 11.8 Å². The molecule has 0 saturated carbocycles. The number of piperazine rings is 1. The highest BCUT2D eigenvalue weighted by molar-refractivity contribution is 8.00. The SMILES string of the molecule is Cc1ccc2c(c1)S[C@@H](C(=O)OCCCN1CCN(c3ccccc3)CC1)[C@@H](O)C(C)O2. The molecule has 2 aliphatic rings. The topological polar surface area (TPSA) is 62.2 Å². The molecule has 2 aromatic carbocycles. The molecule has 0 bridgehead atoms. The molecule has 1 fully saturated rings. The maximum atomic E-state index is 12.8. The van der Waals surface area contributed by atoms with E-state index in [0.717, 1.165) is 49.6 Å². The van der Waals surface area contributed by atoms with Gasteiger partial charge in [-0.25, -0.2) is 0 Å². The number of aliphatic hydroxyl groups is 1. The quantitative estimate of drug-likeness (QED) is 0.528. The second-order valence-corrected chi connectivity index (χ2v) is 9.67. The Bertz CT molecular complexity index is 902. The lowest BCUT2D eigenvalue weighted by Crippen LogP contribution is -2.46. The summed E-state index contributed by atoms with van der Waals surface area (Å²) in [5.74, 6) is 0.332. The normalized spacial score (nSPS) is 23.7. The van der Waals surface area contributed by atoms with Gasteiger partial charge in [0.25, 0.3) is 0 Å². The number of aryl methyl sites for hydroxylation is 1. The van der Waals surface area contributed by atoms with Crippen LogP contribution in [0.5, 0.6) is 5.75 Å². The van der Waals surface area contributed by atoms with Gasteiger partial charge in [-0.2, -0.15) is 0 Å². The summed E-state index contributed by atoms with van der Waals surface area (Å²) in [7, 11) is 0. The number of hydrogen-bond donors (Lipinski definition) is 1. The molecular formula is C25H32N2O4S. The number of carbonyl (C=O) groups excluding carboxylic acids is 1. The highest BCUT2D eigenvalue weighted by atomic mass is 32.2. The third kappa shape index (κ3) is 5.57. The summed E-state index contributed by atoms with van der Waals surface area (Å²) < 4.78 is 11.4. The summed E-state index contributed by atoms with van der Waals surface area (Å²) in [6.07, 6.45) is -0.622. The van der Waals surface area contributed by atoms with Gasteiger partial charge < -0.3 is 19.5 Å². The second kappa shape index (κ2) is 10.6. The lowest BCUT2D eigenvalue weighted by atomic mass is 10.1. The molecule has 0 amide bonds. The molecule has 0 aromatic heterocycles. The van der Waals surface area contributed by atoms with Gasteiger partial charge in [-0.3, -0.25) is 9.69 Å². The third-order valence-electron chi connectivity index (χ3n) is 6.05. The Morgan fingerprint density at radius 3 is 2.66 bits per heavy atom. The van der Waals surface area contributed by atoms with Crippen molar-refractivity contribution in [3.8, 4) is 5.75 Å². The van der Waals surface area contributed by atoms with E-state index in [1.54, 1.807) is 6.92 Å². The van der Waals surface area contributed by atoms with Crippen molar-refractivity contribution >= 4 is 23.4 Å². The van der Waals surface area contributed by atoms with Gasteiger partial charge in [0.15, 0.2) is 0 Å². The molecule has 1 saturated heterocycles. The number of para-hydroxylation sites is 1. The Morgan fingerprint density at radius 2 is 1.91 bits per heavy atom. The molecular weight excluding hydrogens is 424 g/mol. The molecule has 6 nitrogen and oxygen atoms in total. The number of fused-ring (bicyclic) bond motifs is 1. The summed E-state index contributed by atoms with van der Waals surface area (Å²) in [4.78, 5) is 18.5. The van der Waals surface area contributed by atoms with E-state index in [0.29, 0.717) is 12.4 Å². The molecule has 3 atom stereocenters. The number of aliphatic hydroxyl groups excluding tert-OH is 1. The Balaban J connectivity index is 1.22. The zero-order chi connectivity index (χ0) is 22.5. The van der Waals surface area contributed by atoms with Crippen LogP contribution in [-0.4, -0.2) is 72.8 Å². The van der Waals surface area contributed by atoms with Crippen molar-refractivity contribution in [3.05, 3.63) is 54.1 Å². The van der Waals surface area contributed by atoms with Crippen molar-refractivity contribution < 1.29 is 19.4 Å². The highest BCUT2D eigenvalue weighted by Gasteiger charge is 2.37. The van der Waals surface area contributed by atoms with E-state index in [1.807, 2.05) is 31.2 Å². The van der Waals surface area contributed by atoms with E-state index in [4.69, 9.17) is 9.47 Å². The average Bonchev–Trinajstić information content (AvgIpc) is 2.93. The number of carbonyl (C=O) groups is 1. The van der Waals surface area contributed by atoms with Gasteiger partial charge >= 0.3 is 5.97 Å². The van der Waals surface area contributed by atoms with Crippen LogP contribution in [-0.2, 0) is 9.53 Å². The van der Waals surface area contributed by atoms with Gasteiger partial charge in [0.1, 0.15) is 23.2 Å². The Hall–Kier alpha value is -2.22. The van der Waals surface area contributed by atoms with Crippen LogP contribution in [0.25, 0.3) is 0 Å². The number of esters is 1. The van der Waals surface area contributed by atoms with E-state index >= 15 is 0 Å². The minimum absolute atomic E-state index is 0.359. The maximum absolute atomic E-state index is 12.8. The highest BCUT2D eigenvalue weighted by Crippen LogP contribution is 2.39. The van der Waals surface area contributed by atoms with Crippen LogP contribution in [0.2, 0.25) is 0 Å². The summed E-state index contributed by atoms with van der Waals surface area (Å²) >= 11 is 1.33. The van der Waals surface area contributed by atoms with Crippen LogP contribution in [0.15, 0.2) is 53.4 Å². The van der Waals surface area contributed by atoms with Crippen molar-refractivity contribution in [2.75, 3.05) is 44.2 Å². The molecule has 7 heteroatoms. The van der Waals surface area contributed by atoms with Crippen LogP contribution < -0.4 is 9.64 Å². The molecule has 32 heavy (non-hydrogen) atoms. The number of nitrogens with zero attached hydrogens (tertiary/aromatic N) is 2. The van der Waals surface area contributed by atoms with Crippen molar-refractivity contribution in [3.63, 3.8) is 0 Å². The average molecular weight is 457 g/mol. The van der Waals surface area contributed by atoms with Gasteiger partial charge in [0, 0.05) is 38.4 Å². The predicted octanol–water partition coefficient (Wildman–Crippen LogP) is 3.35. The fraction of sp³-hybridized carbons (Fsp3) is 0.480. The van der Waals surface area contributed by atoms with Gasteiger partial charge in [0.2, 0.25) is 0 Å². The minimum Gasteiger partial charge on any atom is -0.487 e. The Labute approximate surface area is 194 Å². The number of benzene rings is 2. The van der Waals surface area contributed by atoms with Crippen LogP contribution in [0.4, 0.5) is 5.69 Å². The summed E-state index contributed by atoms with van der Waals surface area (Å²) in [6, 6.07) is 16.4. The van der Waals surface area contributed by atoms with Crippen molar-refractivity contribution in [2.24, 2.45) is 0 Å². The minimum atomic E-state index is -0.925. The molecule has 2 aliphatic heterocycles. The first kappa shape index (κ1) is 23.0. The van der Waals surface area contributed by atoms with E-state index in [9.17, 15) is 9.90 Å². The predicted molar refractivity (Wildman–Crippen MR) is 128 cm³/mol. The molecule has 2 heterocycles. The van der Waals surface area contributed by atoms with E-state index < -0.39 is 17.5 Å². The van der Waals surface area contributed by atoms with Crippen molar-refractivity contribution in [2.45, 2.75) is 42.6 Å². The molecule has 0 aliphatic carbocycles. The molecule has 172 valence electrons. The summed E-state index contributed by atoms with van der Waals surface area (Å²) in [5, 5.41) is 9.96. The van der Waals surface area contributed by atoms with E-state index in [2.05, 4.69) is 34.1 Å². The van der Waals surface area contributed by atoms with Gasteiger partial charge in [-0.15, -0.1) is 11.8 Å². The molecule has 1 N–H and O–H groups in total. The van der Waals surface area contributed by atoms with Crippen molar-refractivity contribution in [1.29, 1.82) is 0 Å². The number of rotatable bonds is 6. The fourth-order valence-electron chi connectivity index (χ4n) is 4.13. The van der Waals surface area contributed by atoms with E-state index in [1.165, 1.54) is 17.4 Å². The molecule has 4 rings (SSSR count). The first-order chi connectivity index (χ1) is 15.5. The fourth-order valence-corrected chi connectivity index (χ4v) is 5.41. The Kier molecular flexibility index (Phi) is 7.60. The largest absolute Gasteiger partial charge is 0.487 e. The number of ether oxygens (including phenoxy) is 2. The number of hydrogen-bond acceptors (Lipinski definition) is 7. The van der Waals surface area contributed by atoms with Crippen molar-refractivity contribution in [1.82, 2.24) is 4.90 Å². The smallest absolute Gasteiger partial charge is 0.322 e. The van der Waals surface area contributed by atoms with E-state index in [-0.39, 0.29) is 5.97 Å². The zero-order valence-electron chi connectivity index (χ0n) is 18.8. The van der Waals surface area contributed by atoms with Crippen LogP contribution in [0.1, 0.15) is 18.9 Å². The second-order valence-electron chi connectivity index (χ2n) is 8.49. The monoisotopic (exact) mass is 456 g/mol. The van der Waals surface area contributed by atoms with Crippen LogP contribution in [0, 0.1) is 6.92 Å². The first-order valence-electron chi connectivity index (χ1n) is 11.3.